The number of aromatic nitrogens is 1. The van der Waals surface area contributed by atoms with Gasteiger partial charge in [-0.15, -0.1) is 12.3 Å². The largest absolute Gasteiger partial charge is 0.455 e. The topological polar surface area (TPSA) is 63.2 Å². The molecule has 1 saturated heterocycles. The summed E-state index contributed by atoms with van der Waals surface area (Å²) in [7, 11) is 0. The van der Waals surface area contributed by atoms with Crippen LogP contribution < -0.4 is 10.9 Å². The van der Waals surface area contributed by atoms with Gasteiger partial charge in [0.1, 0.15) is 0 Å². The van der Waals surface area contributed by atoms with Gasteiger partial charge >= 0.3 is 5.97 Å². The van der Waals surface area contributed by atoms with Gasteiger partial charge in [0.05, 0.1) is 18.0 Å². The molecule has 4 unspecified atom stereocenters. The number of nitrogens with zero attached hydrogens (tertiary/aromatic N) is 1. The van der Waals surface area contributed by atoms with Gasteiger partial charge in [-0.3, -0.25) is 20.6 Å². The molecule has 0 bridgehead atoms. The van der Waals surface area contributed by atoms with Crippen LogP contribution in [0.2, 0.25) is 0 Å². The Morgan fingerprint density at radius 3 is 3.18 bits per heavy atom. The van der Waals surface area contributed by atoms with Crippen molar-refractivity contribution in [2.24, 2.45) is 11.8 Å². The molecule has 0 spiro atoms. The summed E-state index contributed by atoms with van der Waals surface area (Å²) >= 11 is 0. The first-order valence-corrected chi connectivity index (χ1v) is 7.83. The maximum Gasteiger partial charge on any atom is 0.311 e. The third-order valence-corrected chi connectivity index (χ3v) is 4.55. The predicted molar refractivity (Wildman–Crippen MR) is 82.3 cm³/mol. The fourth-order valence-electron chi connectivity index (χ4n) is 3.42. The van der Waals surface area contributed by atoms with Crippen molar-refractivity contribution in [3.63, 3.8) is 0 Å². The predicted octanol–water partition coefficient (Wildman–Crippen LogP) is 1.58. The number of hydrogen-bond acceptors (Lipinski definition) is 5. The molecule has 4 atom stereocenters. The lowest BCUT2D eigenvalue weighted by molar-refractivity contribution is -0.157. The first-order chi connectivity index (χ1) is 10.8. The number of rotatable bonds is 4. The molecule has 2 heterocycles. The molecular weight excluding hydrogens is 278 g/mol. The minimum absolute atomic E-state index is 0.113. The van der Waals surface area contributed by atoms with Gasteiger partial charge in [0.25, 0.3) is 0 Å². The van der Waals surface area contributed by atoms with E-state index in [4.69, 9.17) is 11.2 Å². The number of hydrazine groups is 1. The van der Waals surface area contributed by atoms with Crippen LogP contribution in [-0.2, 0) is 9.53 Å². The van der Waals surface area contributed by atoms with E-state index in [1.807, 2.05) is 18.2 Å². The summed E-state index contributed by atoms with van der Waals surface area (Å²) in [5.74, 6) is 2.80. The molecule has 116 valence electrons. The van der Waals surface area contributed by atoms with Crippen molar-refractivity contribution >= 4 is 5.97 Å². The molecule has 1 aromatic heterocycles. The zero-order chi connectivity index (χ0) is 15.4. The summed E-state index contributed by atoms with van der Waals surface area (Å²) in [6.45, 7) is 0.919. The molecule has 3 rings (SSSR count). The number of pyridine rings is 1. The fourth-order valence-corrected chi connectivity index (χ4v) is 3.42. The van der Waals surface area contributed by atoms with Gasteiger partial charge in [-0.05, 0) is 30.9 Å². The lowest BCUT2D eigenvalue weighted by Crippen LogP contribution is -2.44. The van der Waals surface area contributed by atoms with Crippen LogP contribution in [0, 0.1) is 24.2 Å². The lowest BCUT2D eigenvalue weighted by atomic mass is 9.78. The third-order valence-electron chi connectivity index (χ3n) is 4.55. The Hall–Kier alpha value is -1.90. The Morgan fingerprint density at radius 1 is 1.50 bits per heavy atom. The van der Waals surface area contributed by atoms with E-state index in [1.165, 1.54) is 0 Å². The van der Waals surface area contributed by atoms with Crippen molar-refractivity contribution in [3.8, 4) is 12.3 Å². The SMILES string of the molecule is C#CCC(OC(=O)C1CCCC2CNNC21)c1ccccn1. The average molecular weight is 299 g/mol. The van der Waals surface area contributed by atoms with Crippen molar-refractivity contribution in [2.75, 3.05) is 6.54 Å². The van der Waals surface area contributed by atoms with Gasteiger partial charge in [-0.2, -0.15) is 0 Å². The Bertz CT molecular complexity index is 555. The maximum atomic E-state index is 12.6. The molecule has 1 saturated carbocycles. The molecule has 5 nitrogen and oxygen atoms in total. The smallest absolute Gasteiger partial charge is 0.311 e. The van der Waals surface area contributed by atoms with E-state index >= 15 is 0 Å². The number of nitrogens with one attached hydrogen (secondary N) is 2. The van der Waals surface area contributed by atoms with E-state index in [0.717, 1.165) is 25.8 Å². The Labute approximate surface area is 130 Å². The van der Waals surface area contributed by atoms with E-state index in [2.05, 4.69) is 21.8 Å². The number of fused-ring (bicyclic) bond motifs is 1. The molecule has 1 aliphatic carbocycles. The molecule has 2 fully saturated rings. The van der Waals surface area contributed by atoms with Gasteiger partial charge < -0.3 is 4.74 Å². The first-order valence-electron chi connectivity index (χ1n) is 7.83. The van der Waals surface area contributed by atoms with Crippen LogP contribution in [0.5, 0.6) is 0 Å². The van der Waals surface area contributed by atoms with E-state index < -0.39 is 6.10 Å². The summed E-state index contributed by atoms with van der Waals surface area (Å²) < 4.78 is 5.71. The zero-order valence-corrected chi connectivity index (χ0v) is 12.5. The van der Waals surface area contributed by atoms with Gasteiger partial charge in [-0.1, -0.05) is 12.5 Å². The Morgan fingerprint density at radius 2 is 2.41 bits per heavy atom. The number of carbonyl (C=O) groups excluding carboxylic acids is 1. The van der Waals surface area contributed by atoms with E-state index in [-0.39, 0.29) is 17.9 Å². The summed E-state index contributed by atoms with van der Waals surface area (Å²) in [4.78, 5) is 16.9. The third kappa shape index (κ3) is 3.13. The van der Waals surface area contributed by atoms with Gasteiger partial charge in [0.15, 0.2) is 6.10 Å². The minimum Gasteiger partial charge on any atom is -0.455 e. The minimum atomic E-state index is -0.464. The second-order valence-electron chi connectivity index (χ2n) is 5.94. The molecule has 5 heteroatoms. The number of carbonyl (C=O) groups is 1. The van der Waals surface area contributed by atoms with Crippen molar-refractivity contribution in [1.29, 1.82) is 0 Å². The van der Waals surface area contributed by atoms with Crippen LogP contribution in [0.15, 0.2) is 24.4 Å². The molecule has 22 heavy (non-hydrogen) atoms. The highest BCUT2D eigenvalue weighted by molar-refractivity contribution is 5.74. The molecular formula is C17H21N3O2. The Kier molecular flexibility index (Phi) is 4.71. The number of esters is 1. The summed E-state index contributed by atoms with van der Waals surface area (Å²) in [6, 6.07) is 5.71. The normalized spacial score (nSPS) is 28.4. The highest BCUT2D eigenvalue weighted by Crippen LogP contribution is 2.33. The van der Waals surface area contributed by atoms with Crippen molar-refractivity contribution < 1.29 is 9.53 Å². The van der Waals surface area contributed by atoms with Crippen molar-refractivity contribution in [2.45, 2.75) is 37.8 Å². The van der Waals surface area contributed by atoms with Gasteiger partial charge in [0.2, 0.25) is 0 Å². The van der Waals surface area contributed by atoms with Crippen LogP contribution >= 0.6 is 0 Å². The van der Waals surface area contributed by atoms with Gasteiger partial charge in [-0.25, -0.2) is 0 Å². The van der Waals surface area contributed by atoms with E-state index in [9.17, 15) is 4.79 Å². The molecule has 2 N–H and O–H groups in total. The zero-order valence-electron chi connectivity index (χ0n) is 12.5. The molecule has 0 amide bonds. The summed E-state index contributed by atoms with van der Waals surface area (Å²) in [5, 5.41) is 0. The molecule has 0 radical (unpaired) electrons. The second-order valence-corrected chi connectivity index (χ2v) is 5.94. The van der Waals surface area contributed by atoms with Crippen molar-refractivity contribution in [1.82, 2.24) is 15.8 Å². The average Bonchev–Trinajstić information content (AvgIpc) is 3.03. The Balaban J connectivity index is 1.70. The number of ether oxygens (including phenoxy) is 1. The molecule has 1 aromatic rings. The fraction of sp³-hybridized carbons (Fsp3) is 0.529. The molecule has 1 aliphatic heterocycles. The first kappa shape index (κ1) is 15.0. The molecule has 2 aliphatic rings. The van der Waals surface area contributed by atoms with Gasteiger partial charge in [0, 0.05) is 18.8 Å². The monoisotopic (exact) mass is 299 g/mol. The quantitative estimate of drug-likeness (QED) is 0.653. The summed E-state index contributed by atoms with van der Waals surface area (Å²) in [6.07, 6.45) is 10.1. The van der Waals surface area contributed by atoms with E-state index in [0.29, 0.717) is 18.0 Å². The standard InChI is InChI=1S/C17H21N3O2/c1-2-6-15(14-9-3-4-10-18-14)22-17(21)13-8-5-7-12-11-19-20-16(12)13/h1,3-4,9-10,12-13,15-16,19-20H,5-8,11H2. The highest BCUT2D eigenvalue weighted by Gasteiger charge is 2.41. The van der Waals surface area contributed by atoms with Crippen LogP contribution in [0.3, 0.4) is 0 Å². The lowest BCUT2D eigenvalue weighted by Gasteiger charge is -2.32. The molecule has 0 aromatic carbocycles. The maximum absolute atomic E-state index is 12.6. The highest BCUT2D eigenvalue weighted by atomic mass is 16.5. The van der Waals surface area contributed by atoms with E-state index in [1.54, 1.807) is 6.20 Å². The van der Waals surface area contributed by atoms with Crippen LogP contribution in [-0.4, -0.2) is 23.5 Å². The van der Waals surface area contributed by atoms with Crippen LogP contribution in [0.1, 0.15) is 37.5 Å². The van der Waals surface area contributed by atoms with Crippen molar-refractivity contribution in [3.05, 3.63) is 30.1 Å². The summed E-state index contributed by atoms with van der Waals surface area (Å²) in [5.41, 5.74) is 7.09. The number of terminal acetylenes is 1. The van der Waals surface area contributed by atoms with Crippen LogP contribution in [0.4, 0.5) is 0 Å². The number of hydrogen-bond donors (Lipinski definition) is 2. The second kappa shape index (κ2) is 6.91. The van der Waals surface area contributed by atoms with Crippen LogP contribution in [0.25, 0.3) is 0 Å².